The number of aromatic nitrogens is 2. The molecule has 0 amide bonds. The lowest BCUT2D eigenvalue weighted by Gasteiger charge is -2.30. The zero-order chi connectivity index (χ0) is 14.9. The van der Waals surface area contributed by atoms with Crippen molar-refractivity contribution in [2.75, 3.05) is 0 Å². The first kappa shape index (κ1) is 15.0. The number of carboxylic acids is 1. The van der Waals surface area contributed by atoms with Crippen molar-refractivity contribution in [3.63, 3.8) is 0 Å². The summed E-state index contributed by atoms with van der Waals surface area (Å²) < 4.78 is 1.91. The van der Waals surface area contributed by atoms with Gasteiger partial charge in [-0.3, -0.25) is 9.48 Å². The smallest absolute Gasteiger partial charge is 0.306 e. The van der Waals surface area contributed by atoms with Crippen LogP contribution < -0.4 is 5.32 Å². The fraction of sp³-hybridized carbons (Fsp3) is 0.733. The molecule has 3 atom stereocenters. The van der Waals surface area contributed by atoms with Crippen LogP contribution in [0.2, 0.25) is 0 Å². The maximum absolute atomic E-state index is 11.1. The van der Waals surface area contributed by atoms with Crippen LogP contribution in [0, 0.1) is 19.8 Å². The number of rotatable bonds is 4. The van der Waals surface area contributed by atoms with E-state index >= 15 is 0 Å². The number of carboxylic acid groups (broad SMARTS) is 1. The van der Waals surface area contributed by atoms with Crippen LogP contribution in [0.1, 0.15) is 55.6 Å². The van der Waals surface area contributed by atoms with Gasteiger partial charge in [-0.2, -0.15) is 5.10 Å². The zero-order valence-corrected chi connectivity index (χ0v) is 12.8. The third-order valence-corrected chi connectivity index (χ3v) is 4.51. The van der Waals surface area contributed by atoms with Crippen LogP contribution in [-0.2, 0) is 11.8 Å². The first-order valence-electron chi connectivity index (χ1n) is 7.39. The first-order chi connectivity index (χ1) is 9.40. The van der Waals surface area contributed by atoms with Crippen molar-refractivity contribution in [3.8, 4) is 0 Å². The van der Waals surface area contributed by atoms with Gasteiger partial charge in [-0.15, -0.1) is 0 Å². The monoisotopic (exact) mass is 279 g/mol. The molecule has 0 saturated heterocycles. The first-order valence-corrected chi connectivity index (χ1v) is 7.39. The summed E-state index contributed by atoms with van der Waals surface area (Å²) in [6.45, 7) is 6.25. The normalized spacial score (nSPS) is 24.6. The van der Waals surface area contributed by atoms with Gasteiger partial charge in [0.05, 0.1) is 11.6 Å². The molecule has 0 radical (unpaired) electrons. The molecule has 5 heteroatoms. The van der Waals surface area contributed by atoms with Crippen molar-refractivity contribution in [1.29, 1.82) is 0 Å². The third-order valence-electron chi connectivity index (χ3n) is 4.51. The molecule has 2 N–H and O–H groups in total. The number of aliphatic carboxylic acids is 1. The molecule has 0 bridgehead atoms. The Morgan fingerprint density at radius 3 is 2.70 bits per heavy atom. The SMILES string of the molecule is Cc1nn(C)c(C)c1C(C)NC1CCCC(C(=O)O)C1. The molecule has 1 heterocycles. The van der Waals surface area contributed by atoms with Crippen LogP contribution in [0.5, 0.6) is 0 Å². The van der Waals surface area contributed by atoms with E-state index < -0.39 is 5.97 Å². The standard InChI is InChI=1S/C15H25N3O2/c1-9(14-10(2)17-18(4)11(14)3)16-13-7-5-6-12(8-13)15(19)20/h9,12-13,16H,5-8H2,1-4H3,(H,19,20). The van der Waals surface area contributed by atoms with E-state index in [1.165, 1.54) is 11.3 Å². The maximum atomic E-state index is 11.1. The summed E-state index contributed by atoms with van der Waals surface area (Å²) in [5, 5.41) is 17.2. The average Bonchev–Trinajstić information content (AvgIpc) is 2.63. The van der Waals surface area contributed by atoms with Gasteiger partial charge in [0.25, 0.3) is 0 Å². The number of nitrogens with zero attached hydrogens (tertiary/aromatic N) is 2. The van der Waals surface area contributed by atoms with E-state index in [-0.39, 0.29) is 12.0 Å². The molecule has 3 unspecified atom stereocenters. The van der Waals surface area contributed by atoms with Crippen LogP contribution in [0.3, 0.4) is 0 Å². The molecule has 5 nitrogen and oxygen atoms in total. The van der Waals surface area contributed by atoms with Crippen molar-refractivity contribution in [2.24, 2.45) is 13.0 Å². The van der Waals surface area contributed by atoms with Gasteiger partial charge in [-0.1, -0.05) is 6.42 Å². The molecule has 1 saturated carbocycles. The predicted molar refractivity (Wildman–Crippen MR) is 77.6 cm³/mol. The number of hydrogen-bond acceptors (Lipinski definition) is 3. The predicted octanol–water partition coefficient (Wildman–Crippen LogP) is 2.33. The highest BCUT2D eigenvalue weighted by atomic mass is 16.4. The van der Waals surface area contributed by atoms with Crippen LogP contribution >= 0.6 is 0 Å². The van der Waals surface area contributed by atoms with E-state index in [9.17, 15) is 4.79 Å². The lowest BCUT2D eigenvalue weighted by Crippen LogP contribution is -2.38. The van der Waals surface area contributed by atoms with Crippen LogP contribution in [0.15, 0.2) is 0 Å². The van der Waals surface area contributed by atoms with E-state index in [1.807, 2.05) is 18.7 Å². The van der Waals surface area contributed by atoms with Crippen molar-refractivity contribution in [2.45, 2.75) is 58.5 Å². The second-order valence-electron chi connectivity index (χ2n) is 6.00. The Balaban J connectivity index is 2.04. The second kappa shape index (κ2) is 5.95. The molecule has 1 aliphatic rings. The highest BCUT2D eigenvalue weighted by Crippen LogP contribution is 2.28. The minimum absolute atomic E-state index is 0.190. The van der Waals surface area contributed by atoms with Crippen LogP contribution in [0.25, 0.3) is 0 Å². The van der Waals surface area contributed by atoms with Crippen molar-refractivity contribution < 1.29 is 9.90 Å². The quantitative estimate of drug-likeness (QED) is 0.887. The van der Waals surface area contributed by atoms with E-state index in [0.717, 1.165) is 31.4 Å². The van der Waals surface area contributed by atoms with Gasteiger partial charge in [0.1, 0.15) is 0 Å². The molecule has 1 aromatic heterocycles. The average molecular weight is 279 g/mol. The van der Waals surface area contributed by atoms with Gasteiger partial charge < -0.3 is 10.4 Å². The van der Waals surface area contributed by atoms with Gasteiger partial charge in [-0.05, 0) is 40.0 Å². The summed E-state index contributed by atoms with van der Waals surface area (Å²) in [6, 6.07) is 0.500. The molecule has 0 spiro atoms. The molecule has 20 heavy (non-hydrogen) atoms. The number of carbonyl (C=O) groups is 1. The van der Waals surface area contributed by atoms with Crippen LogP contribution in [-0.4, -0.2) is 26.9 Å². The van der Waals surface area contributed by atoms with Gasteiger partial charge in [0, 0.05) is 30.4 Å². The summed E-state index contributed by atoms with van der Waals surface area (Å²) in [7, 11) is 1.96. The summed E-state index contributed by atoms with van der Waals surface area (Å²) in [6.07, 6.45) is 3.60. The van der Waals surface area contributed by atoms with Crippen LogP contribution in [0.4, 0.5) is 0 Å². The van der Waals surface area contributed by atoms with Gasteiger partial charge in [-0.25, -0.2) is 0 Å². The fourth-order valence-corrected chi connectivity index (χ4v) is 3.42. The Morgan fingerprint density at radius 1 is 1.45 bits per heavy atom. The third kappa shape index (κ3) is 3.03. The topological polar surface area (TPSA) is 67.2 Å². The lowest BCUT2D eigenvalue weighted by molar-refractivity contribution is -0.143. The summed E-state index contributed by atoms with van der Waals surface area (Å²) in [4.78, 5) is 11.1. The Hall–Kier alpha value is -1.36. The highest BCUT2D eigenvalue weighted by Gasteiger charge is 2.28. The van der Waals surface area contributed by atoms with E-state index in [1.54, 1.807) is 0 Å². The summed E-state index contributed by atoms with van der Waals surface area (Å²) in [5.74, 6) is -0.845. The molecule has 112 valence electrons. The van der Waals surface area contributed by atoms with Crippen molar-refractivity contribution >= 4 is 5.97 Å². The molecule has 2 rings (SSSR count). The second-order valence-corrected chi connectivity index (χ2v) is 6.00. The molecule has 0 aromatic carbocycles. The van der Waals surface area contributed by atoms with E-state index in [0.29, 0.717) is 6.04 Å². The largest absolute Gasteiger partial charge is 0.481 e. The molecule has 0 aliphatic heterocycles. The van der Waals surface area contributed by atoms with E-state index in [4.69, 9.17) is 5.11 Å². The zero-order valence-electron chi connectivity index (χ0n) is 12.8. The van der Waals surface area contributed by atoms with E-state index in [2.05, 4.69) is 24.3 Å². The highest BCUT2D eigenvalue weighted by molar-refractivity contribution is 5.70. The maximum Gasteiger partial charge on any atom is 0.306 e. The molecule has 1 aromatic rings. The Kier molecular flexibility index (Phi) is 4.48. The van der Waals surface area contributed by atoms with Crippen molar-refractivity contribution in [3.05, 3.63) is 17.0 Å². The lowest BCUT2D eigenvalue weighted by atomic mass is 9.85. The fourth-order valence-electron chi connectivity index (χ4n) is 3.42. The summed E-state index contributed by atoms with van der Waals surface area (Å²) >= 11 is 0. The molecule has 1 aliphatic carbocycles. The van der Waals surface area contributed by atoms with Gasteiger partial charge in [0.15, 0.2) is 0 Å². The Morgan fingerprint density at radius 2 is 2.15 bits per heavy atom. The molecule has 1 fully saturated rings. The minimum Gasteiger partial charge on any atom is -0.481 e. The van der Waals surface area contributed by atoms with Gasteiger partial charge >= 0.3 is 5.97 Å². The number of nitrogens with one attached hydrogen (secondary N) is 1. The number of aryl methyl sites for hydroxylation is 2. The van der Waals surface area contributed by atoms with Gasteiger partial charge in [0.2, 0.25) is 0 Å². The molecular weight excluding hydrogens is 254 g/mol. The van der Waals surface area contributed by atoms with Crippen molar-refractivity contribution in [1.82, 2.24) is 15.1 Å². The molecular formula is C15H25N3O2. The Bertz CT molecular complexity index is 496. The summed E-state index contributed by atoms with van der Waals surface area (Å²) in [5.41, 5.74) is 3.47. The number of hydrogen-bond donors (Lipinski definition) is 2. The Labute approximate surface area is 120 Å². The minimum atomic E-state index is -0.655.